The molecule has 4 rings (SSSR count). The van der Waals surface area contributed by atoms with E-state index < -0.39 is 0 Å². The molecule has 0 N–H and O–H groups in total. The maximum atomic E-state index is 13.8. The third kappa shape index (κ3) is 3.50. The zero-order valence-corrected chi connectivity index (χ0v) is 15.1. The van der Waals surface area contributed by atoms with E-state index in [0.29, 0.717) is 20.9 Å². The molecule has 0 radical (unpaired) electrons. The summed E-state index contributed by atoms with van der Waals surface area (Å²) >= 11 is 1.18. The highest BCUT2D eigenvalue weighted by Crippen LogP contribution is 2.14. The molecule has 2 heterocycles. The van der Waals surface area contributed by atoms with Crippen molar-refractivity contribution in [3.8, 4) is 5.75 Å². The Morgan fingerprint density at radius 1 is 1.11 bits per heavy atom. The van der Waals surface area contributed by atoms with Crippen LogP contribution in [0.5, 0.6) is 5.75 Å². The highest BCUT2D eigenvalue weighted by atomic mass is 32.1. The third-order valence-electron chi connectivity index (χ3n) is 3.93. The van der Waals surface area contributed by atoms with Gasteiger partial charge in [0.15, 0.2) is 5.82 Å². The number of benzene rings is 2. The fraction of sp³-hybridized carbons (Fsp3) is 0.0500. The molecule has 0 atom stereocenters. The number of nitrogens with zero attached hydrogens (tertiary/aromatic N) is 3. The lowest BCUT2D eigenvalue weighted by Gasteiger charge is -1.98. The summed E-state index contributed by atoms with van der Waals surface area (Å²) in [6.07, 6.45) is 5.11. The zero-order chi connectivity index (χ0) is 18.8. The second-order valence-corrected chi connectivity index (χ2v) is 6.72. The molecular formula is C20H14FN3O2S. The summed E-state index contributed by atoms with van der Waals surface area (Å²) in [6, 6.07) is 13.8. The Bertz CT molecular complexity index is 1240. The van der Waals surface area contributed by atoms with Crippen molar-refractivity contribution in [3.63, 3.8) is 0 Å². The van der Waals surface area contributed by atoms with Gasteiger partial charge >= 0.3 is 0 Å². The lowest BCUT2D eigenvalue weighted by atomic mass is 10.2. The van der Waals surface area contributed by atoms with E-state index in [1.807, 2.05) is 30.3 Å². The molecule has 0 fully saturated rings. The van der Waals surface area contributed by atoms with Crippen molar-refractivity contribution in [1.29, 1.82) is 0 Å². The fourth-order valence-corrected chi connectivity index (χ4v) is 3.44. The number of ether oxygens (including phenoxy) is 1. The van der Waals surface area contributed by atoms with Crippen molar-refractivity contribution >= 4 is 34.5 Å². The first-order chi connectivity index (χ1) is 13.1. The van der Waals surface area contributed by atoms with E-state index in [-0.39, 0.29) is 11.4 Å². The Hall–Kier alpha value is -3.32. The van der Waals surface area contributed by atoms with Gasteiger partial charge in [-0.15, -0.1) is 5.10 Å². The van der Waals surface area contributed by atoms with Crippen LogP contribution in [-0.4, -0.2) is 21.7 Å². The van der Waals surface area contributed by atoms with E-state index >= 15 is 0 Å². The number of halogens is 1. The zero-order valence-electron chi connectivity index (χ0n) is 14.3. The molecule has 0 aliphatic rings. The summed E-state index contributed by atoms with van der Waals surface area (Å²) in [5.41, 5.74) is 1.01. The van der Waals surface area contributed by atoms with Gasteiger partial charge in [0.1, 0.15) is 11.6 Å². The van der Waals surface area contributed by atoms with Crippen LogP contribution in [0.4, 0.5) is 4.39 Å². The minimum absolute atomic E-state index is 0.310. The second kappa shape index (κ2) is 7.13. The van der Waals surface area contributed by atoms with Crippen LogP contribution >= 0.6 is 11.3 Å². The largest absolute Gasteiger partial charge is 0.497 e. The van der Waals surface area contributed by atoms with Crippen molar-refractivity contribution in [1.82, 2.24) is 14.6 Å². The monoisotopic (exact) mass is 379 g/mol. The average molecular weight is 379 g/mol. The van der Waals surface area contributed by atoms with Crippen LogP contribution in [0, 0.1) is 5.82 Å². The molecule has 2 aromatic heterocycles. The predicted octanol–water partition coefficient (Wildman–Crippen LogP) is 3.02. The normalized spacial score (nSPS) is 12.3. The summed E-state index contributed by atoms with van der Waals surface area (Å²) in [5.74, 6) is 0.841. The van der Waals surface area contributed by atoms with Gasteiger partial charge < -0.3 is 4.74 Å². The number of aromatic nitrogens is 3. The van der Waals surface area contributed by atoms with Crippen molar-refractivity contribution in [3.05, 3.63) is 86.2 Å². The Balaban J connectivity index is 1.65. The minimum Gasteiger partial charge on any atom is -0.497 e. The van der Waals surface area contributed by atoms with E-state index in [1.54, 1.807) is 31.4 Å². The van der Waals surface area contributed by atoms with Crippen molar-refractivity contribution in [2.45, 2.75) is 0 Å². The molecular weight excluding hydrogens is 365 g/mol. The maximum absolute atomic E-state index is 13.8. The van der Waals surface area contributed by atoms with E-state index in [2.05, 4.69) is 10.1 Å². The molecule has 7 heteroatoms. The molecule has 5 nitrogen and oxygen atoms in total. The smallest absolute Gasteiger partial charge is 0.291 e. The summed E-state index contributed by atoms with van der Waals surface area (Å²) in [6.45, 7) is 0. The molecule has 0 aliphatic heterocycles. The first-order valence-electron chi connectivity index (χ1n) is 8.12. The molecule has 0 saturated carbocycles. The lowest BCUT2D eigenvalue weighted by molar-refractivity contribution is 0.415. The first kappa shape index (κ1) is 17.1. The van der Waals surface area contributed by atoms with Gasteiger partial charge in [0, 0.05) is 5.56 Å². The molecule has 2 aromatic carbocycles. The van der Waals surface area contributed by atoms with E-state index in [1.165, 1.54) is 28.0 Å². The summed E-state index contributed by atoms with van der Waals surface area (Å²) in [4.78, 5) is 17.3. The third-order valence-corrected chi connectivity index (χ3v) is 4.89. The van der Waals surface area contributed by atoms with E-state index in [9.17, 15) is 9.18 Å². The molecule has 0 aliphatic carbocycles. The van der Waals surface area contributed by atoms with Crippen LogP contribution < -0.4 is 14.8 Å². The SMILES string of the molecule is COc1ccc(/C=C/c2nc3s/c(=C\c4ccccc4F)c(=O)n3n2)cc1. The Kier molecular flexibility index (Phi) is 4.52. The van der Waals surface area contributed by atoms with Gasteiger partial charge in [-0.2, -0.15) is 9.50 Å². The van der Waals surface area contributed by atoms with Crippen molar-refractivity contribution < 1.29 is 9.13 Å². The highest BCUT2D eigenvalue weighted by Gasteiger charge is 2.09. The number of fused-ring (bicyclic) bond motifs is 1. The second-order valence-electron chi connectivity index (χ2n) is 5.71. The van der Waals surface area contributed by atoms with Crippen LogP contribution in [0.25, 0.3) is 23.2 Å². The summed E-state index contributed by atoms with van der Waals surface area (Å²) in [5, 5.41) is 4.22. The van der Waals surface area contributed by atoms with Gasteiger partial charge in [0.05, 0.1) is 11.6 Å². The minimum atomic E-state index is -0.376. The van der Waals surface area contributed by atoms with Gasteiger partial charge in [-0.05, 0) is 35.9 Å². The van der Waals surface area contributed by atoms with Crippen LogP contribution in [0.1, 0.15) is 17.0 Å². The van der Waals surface area contributed by atoms with Gasteiger partial charge in [0.25, 0.3) is 5.56 Å². The molecule has 4 aromatic rings. The molecule has 0 saturated heterocycles. The van der Waals surface area contributed by atoms with E-state index in [0.717, 1.165) is 11.3 Å². The number of methoxy groups -OCH3 is 1. The molecule has 0 unspecified atom stereocenters. The van der Waals surface area contributed by atoms with Gasteiger partial charge in [0.2, 0.25) is 4.96 Å². The van der Waals surface area contributed by atoms with Crippen LogP contribution in [-0.2, 0) is 0 Å². The number of rotatable bonds is 4. The standard InChI is InChI=1S/C20H14FN3O2S/c1-26-15-9-6-13(7-10-15)8-11-18-22-20-24(23-18)19(25)17(27-20)12-14-4-2-3-5-16(14)21/h2-12H,1H3/b11-8+,17-12-. The number of thiazole rings is 1. The Morgan fingerprint density at radius 3 is 2.59 bits per heavy atom. The van der Waals surface area contributed by atoms with Crippen molar-refractivity contribution in [2.75, 3.05) is 7.11 Å². The quantitative estimate of drug-likeness (QED) is 0.547. The molecule has 0 amide bonds. The highest BCUT2D eigenvalue weighted by molar-refractivity contribution is 7.15. The average Bonchev–Trinajstić information content (AvgIpc) is 3.21. The number of hydrogen-bond acceptors (Lipinski definition) is 5. The topological polar surface area (TPSA) is 56.5 Å². The number of hydrogen-bond donors (Lipinski definition) is 0. The van der Waals surface area contributed by atoms with Gasteiger partial charge in [-0.3, -0.25) is 4.79 Å². The summed E-state index contributed by atoms with van der Waals surface area (Å²) in [7, 11) is 1.62. The van der Waals surface area contributed by atoms with Crippen LogP contribution in [0.3, 0.4) is 0 Å². The van der Waals surface area contributed by atoms with Crippen LogP contribution in [0.15, 0.2) is 53.3 Å². The molecule has 27 heavy (non-hydrogen) atoms. The van der Waals surface area contributed by atoms with Crippen molar-refractivity contribution in [2.24, 2.45) is 0 Å². The first-order valence-corrected chi connectivity index (χ1v) is 8.94. The predicted molar refractivity (Wildman–Crippen MR) is 104 cm³/mol. The Labute approximate surface area is 157 Å². The Morgan fingerprint density at radius 2 is 1.89 bits per heavy atom. The molecule has 134 valence electrons. The summed E-state index contributed by atoms with van der Waals surface area (Å²) < 4.78 is 20.5. The fourth-order valence-electron chi connectivity index (χ4n) is 2.54. The van der Waals surface area contributed by atoms with E-state index in [4.69, 9.17) is 4.74 Å². The lowest BCUT2D eigenvalue weighted by Crippen LogP contribution is -2.23. The molecule has 0 bridgehead atoms. The van der Waals surface area contributed by atoms with Crippen LogP contribution in [0.2, 0.25) is 0 Å². The molecule has 0 spiro atoms. The van der Waals surface area contributed by atoms with Gasteiger partial charge in [-0.25, -0.2) is 4.39 Å². The van der Waals surface area contributed by atoms with Gasteiger partial charge in [-0.1, -0.05) is 47.7 Å². The maximum Gasteiger partial charge on any atom is 0.291 e.